The van der Waals surface area contributed by atoms with Crippen molar-refractivity contribution >= 4 is 23.7 Å². The van der Waals surface area contributed by atoms with Crippen molar-refractivity contribution < 1.29 is 8.78 Å². The second-order valence-electron chi connectivity index (χ2n) is 5.05. The third kappa shape index (κ3) is 4.15. The lowest BCUT2D eigenvalue weighted by atomic mass is 10.1. The Bertz CT molecular complexity index is 645. The number of benzene rings is 1. The Hall–Kier alpha value is -2.69. The van der Waals surface area contributed by atoms with Crippen LogP contribution in [0, 0.1) is 11.3 Å². The van der Waals surface area contributed by atoms with Gasteiger partial charge < -0.3 is 15.5 Å². The predicted molar refractivity (Wildman–Crippen MR) is 81.9 cm³/mol. The summed E-state index contributed by atoms with van der Waals surface area (Å²) in [5.74, 6) is -2.56. The number of rotatable bonds is 3. The summed E-state index contributed by atoms with van der Waals surface area (Å²) in [5, 5.41) is 14.6. The zero-order valence-corrected chi connectivity index (χ0v) is 12.3. The third-order valence-corrected chi connectivity index (χ3v) is 2.79. The molecule has 116 valence electrons. The monoisotopic (exact) mass is 306 g/mol. The molecule has 0 saturated carbocycles. The molecule has 0 unspecified atom stereocenters. The molecule has 0 fully saturated rings. The number of hydrogen-bond acceptors (Lipinski definition) is 5. The van der Waals surface area contributed by atoms with Gasteiger partial charge in [0.15, 0.2) is 5.96 Å². The number of nitrogens with one attached hydrogen (secondary N) is 2. The lowest BCUT2D eigenvalue weighted by Gasteiger charge is -2.23. The Morgan fingerprint density at radius 3 is 2.86 bits per heavy atom. The van der Waals surface area contributed by atoms with Crippen LogP contribution in [0.2, 0.25) is 0 Å². The minimum atomic E-state index is -2.83. The Kier molecular flexibility index (Phi) is 4.56. The van der Waals surface area contributed by atoms with E-state index >= 15 is 0 Å². The van der Waals surface area contributed by atoms with Gasteiger partial charge in [-0.2, -0.15) is 5.26 Å². The average Bonchev–Trinajstić information content (AvgIpc) is 2.47. The summed E-state index contributed by atoms with van der Waals surface area (Å²) in [6, 6.07) is 7.04. The highest BCUT2D eigenvalue weighted by atomic mass is 19.3. The van der Waals surface area contributed by atoms with Crippen LogP contribution >= 0.6 is 0 Å². The van der Waals surface area contributed by atoms with E-state index in [4.69, 9.17) is 0 Å². The normalized spacial score (nSPS) is 16.6. The second-order valence-corrected chi connectivity index (χ2v) is 5.05. The van der Waals surface area contributed by atoms with Crippen molar-refractivity contribution in [1.29, 1.82) is 5.26 Å². The first-order valence-electron chi connectivity index (χ1n) is 6.57. The molecule has 0 aromatic heterocycles. The quantitative estimate of drug-likeness (QED) is 0.659. The molecule has 0 aliphatic carbocycles. The van der Waals surface area contributed by atoms with Gasteiger partial charge in [-0.3, -0.25) is 0 Å². The topological polar surface area (TPSA) is 75.8 Å². The number of alkyl halides is 2. The van der Waals surface area contributed by atoms with Crippen molar-refractivity contribution in [2.75, 3.05) is 32.5 Å². The molecule has 0 spiro atoms. The largest absolute Gasteiger partial charge is 0.369 e. The Balaban J connectivity index is 2.14. The van der Waals surface area contributed by atoms with Crippen molar-refractivity contribution in [2.24, 2.45) is 9.98 Å². The maximum atomic E-state index is 13.0. The lowest BCUT2D eigenvalue weighted by Crippen LogP contribution is -2.46. The van der Waals surface area contributed by atoms with Crippen LogP contribution in [0.3, 0.4) is 0 Å². The number of aliphatic imine (C=N–C) groups is 2. The molecule has 1 heterocycles. The molecule has 2 rings (SSSR count). The molecule has 1 aliphatic heterocycles. The maximum absolute atomic E-state index is 13.0. The fourth-order valence-corrected chi connectivity index (χ4v) is 1.73. The molecule has 0 atom stereocenters. The van der Waals surface area contributed by atoms with Crippen LogP contribution in [0.1, 0.15) is 5.56 Å². The smallest absolute Gasteiger partial charge is 0.284 e. The zero-order valence-electron chi connectivity index (χ0n) is 12.3. The van der Waals surface area contributed by atoms with E-state index in [1.165, 1.54) is 0 Å². The molecule has 2 N–H and O–H groups in total. The first kappa shape index (κ1) is 15.7. The molecule has 1 aromatic carbocycles. The summed E-state index contributed by atoms with van der Waals surface area (Å²) in [6.45, 7) is -1.02. The Morgan fingerprint density at radius 1 is 1.50 bits per heavy atom. The van der Waals surface area contributed by atoms with E-state index in [1.54, 1.807) is 29.4 Å². The summed E-state index contributed by atoms with van der Waals surface area (Å²) in [7, 11) is 3.66. The van der Waals surface area contributed by atoms with Crippen LogP contribution in [0.4, 0.5) is 20.2 Å². The molecular formula is C14H16F2N6. The second kappa shape index (κ2) is 6.39. The zero-order chi connectivity index (χ0) is 16.2. The third-order valence-electron chi connectivity index (χ3n) is 2.79. The lowest BCUT2D eigenvalue weighted by molar-refractivity contribution is 0.0126. The number of nitriles is 1. The van der Waals surface area contributed by atoms with Crippen LogP contribution in [-0.2, 0) is 0 Å². The molecule has 0 saturated heterocycles. The summed E-state index contributed by atoms with van der Waals surface area (Å²) in [4.78, 5) is 9.69. The van der Waals surface area contributed by atoms with E-state index in [9.17, 15) is 14.0 Å². The van der Waals surface area contributed by atoms with Crippen LogP contribution in [0.15, 0.2) is 28.2 Å². The van der Waals surface area contributed by atoms with Gasteiger partial charge in [0.1, 0.15) is 12.6 Å². The van der Waals surface area contributed by atoms with Crippen LogP contribution in [0.25, 0.3) is 0 Å². The minimum absolute atomic E-state index is 0.263. The van der Waals surface area contributed by atoms with Crippen LogP contribution < -0.4 is 10.6 Å². The van der Waals surface area contributed by atoms with Crippen molar-refractivity contribution in [2.45, 2.75) is 5.92 Å². The molecule has 1 aliphatic rings. The van der Waals surface area contributed by atoms with Gasteiger partial charge in [0.05, 0.1) is 24.1 Å². The Morgan fingerprint density at radius 2 is 2.27 bits per heavy atom. The fourth-order valence-electron chi connectivity index (χ4n) is 1.73. The molecule has 22 heavy (non-hydrogen) atoms. The summed E-state index contributed by atoms with van der Waals surface area (Å²) in [5.41, 5.74) is 1.49. The molecule has 8 heteroatoms. The maximum Gasteiger partial charge on any atom is 0.284 e. The predicted octanol–water partition coefficient (Wildman–Crippen LogP) is 1.79. The number of nitrogens with zero attached hydrogens (tertiary/aromatic N) is 4. The van der Waals surface area contributed by atoms with Gasteiger partial charge in [-0.15, -0.1) is 0 Å². The van der Waals surface area contributed by atoms with Gasteiger partial charge in [0.25, 0.3) is 5.92 Å². The van der Waals surface area contributed by atoms with E-state index in [1.807, 2.05) is 14.1 Å². The molecular weight excluding hydrogens is 290 g/mol. The van der Waals surface area contributed by atoms with Gasteiger partial charge >= 0.3 is 0 Å². The highest BCUT2D eigenvalue weighted by molar-refractivity contribution is 5.94. The first-order valence-corrected chi connectivity index (χ1v) is 6.57. The van der Waals surface area contributed by atoms with E-state index in [0.29, 0.717) is 16.9 Å². The number of hydrogen-bond donors (Lipinski definition) is 2. The molecule has 1 aromatic rings. The van der Waals surface area contributed by atoms with Gasteiger partial charge in [-0.05, 0) is 18.2 Å². The highest BCUT2D eigenvalue weighted by Crippen LogP contribution is 2.23. The van der Waals surface area contributed by atoms with E-state index in [2.05, 4.69) is 26.7 Å². The van der Waals surface area contributed by atoms with Gasteiger partial charge in [0.2, 0.25) is 0 Å². The molecule has 6 nitrogen and oxygen atoms in total. The highest BCUT2D eigenvalue weighted by Gasteiger charge is 2.32. The van der Waals surface area contributed by atoms with E-state index in [-0.39, 0.29) is 5.96 Å². The SMILES string of the molecule is CN(C)C=Nc1ccc(NC2=NCC(F)(F)CN2)cc1C#N. The van der Waals surface area contributed by atoms with Crippen LogP contribution in [-0.4, -0.2) is 50.3 Å². The van der Waals surface area contributed by atoms with Crippen molar-refractivity contribution in [3.05, 3.63) is 23.8 Å². The number of guanidine groups is 1. The summed E-state index contributed by atoms with van der Waals surface area (Å²) in [6.07, 6.45) is 1.60. The standard InChI is InChI=1S/C14H16F2N6/c1-22(2)9-20-12-4-3-11(5-10(12)6-17)21-13-18-7-14(15,16)8-19-13/h3-5,9H,7-8H2,1-2H3,(H2,18,19,21). The van der Waals surface area contributed by atoms with Crippen LogP contribution in [0.5, 0.6) is 0 Å². The van der Waals surface area contributed by atoms with Crippen molar-refractivity contribution in [3.8, 4) is 6.07 Å². The van der Waals surface area contributed by atoms with Gasteiger partial charge in [0, 0.05) is 19.8 Å². The summed E-state index contributed by atoms with van der Waals surface area (Å²) < 4.78 is 26.0. The summed E-state index contributed by atoms with van der Waals surface area (Å²) >= 11 is 0. The first-order chi connectivity index (χ1) is 10.4. The molecule has 0 bridgehead atoms. The van der Waals surface area contributed by atoms with Gasteiger partial charge in [-0.1, -0.05) is 0 Å². The molecule has 0 radical (unpaired) electrons. The van der Waals surface area contributed by atoms with Crippen molar-refractivity contribution in [1.82, 2.24) is 10.2 Å². The van der Waals surface area contributed by atoms with E-state index in [0.717, 1.165) is 0 Å². The van der Waals surface area contributed by atoms with Gasteiger partial charge in [-0.25, -0.2) is 18.8 Å². The van der Waals surface area contributed by atoms with E-state index < -0.39 is 19.0 Å². The fraction of sp³-hybridized carbons (Fsp3) is 0.357. The number of anilines is 1. The average molecular weight is 306 g/mol. The van der Waals surface area contributed by atoms with Crippen molar-refractivity contribution in [3.63, 3.8) is 0 Å². The molecule has 0 amide bonds. The Labute approximate surface area is 127 Å². The number of halogens is 2. The minimum Gasteiger partial charge on any atom is -0.369 e.